The maximum absolute atomic E-state index is 12.0. The number of hydrogen-bond donors (Lipinski definition) is 3. The van der Waals surface area contributed by atoms with Gasteiger partial charge in [0.05, 0.1) is 0 Å². The monoisotopic (exact) mass is 313 g/mol. The van der Waals surface area contributed by atoms with Crippen molar-refractivity contribution in [3.63, 3.8) is 0 Å². The maximum Gasteiger partial charge on any atom is 0.251 e. The maximum atomic E-state index is 12.0. The second-order valence-corrected chi connectivity index (χ2v) is 5.96. The third kappa shape index (κ3) is 3.38. The van der Waals surface area contributed by atoms with E-state index < -0.39 is 0 Å². The summed E-state index contributed by atoms with van der Waals surface area (Å²) >= 11 is 3.57. The van der Waals surface area contributed by atoms with Gasteiger partial charge in [-0.3, -0.25) is 4.79 Å². The first-order chi connectivity index (χ1) is 8.54. The molecule has 3 N–H and O–H groups in total. The molecule has 5 heteroatoms. The van der Waals surface area contributed by atoms with E-state index in [1.54, 1.807) is 0 Å². The predicted molar refractivity (Wildman–Crippen MR) is 72.2 cm³/mol. The zero-order valence-electron chi connectivity index (χ0n) is 9.90. The molecule has 1 aliphatic carbocycles. The molecule has 0 heterocycles. The minimum Gasteiger partial charge on any atom is -0.508 e. The molecule has 1 aromatic carbocycles. The molecule has 4 nitrogen and oxygen atoms in total. The van der Waals surface area contributed by atoms with Gasteiger partial charge < -0.3 is 15.5 Å². The summed E-state index contributed by atoms with van der Waals surface area (Å²) in [5.41, 5.74) is 0.286. The molecular weight excluding hydrogens is 298 g/mol. The third-order valence-electron chi connectivity index (χ3n) is 3.16. The van der Waals surface area contributed by atoms with E-state index in [1.165, 1.54) is 18.2 Å². The SMILES string of the molecule is O=C(NC1CCC(Br)CC1)c1cc(O)cc(O)c1. The number of phenols is 2. The van der Waals surface area contributed by atoms with Gasteiger partial charge in [0.2, 0.25) is 0 Å². The Hall–Kier alpha value is -1.23. The van der Waals surface area contributed by atoms with Crippen LogP contribution in [0.1, 0.15) is 36.0 Å². The lowest BCUT2D eigenvalue weighted by molar-refractivity contribution is 0.0927. The van der Waals surface area contributed by atoms with Crippen molar-refractivity contribution in [1.29, 1.82) is 0 Å². The number of carbonyl (C=O) groups is 1. The lowest BCUT2D eigenvalue weighted by atomic mass is 9.95. The van der Waals surface area contributed by atoms with Gasteiger partial charge in [0, 0.05) is 22.5 Å². The second-order valence-electron chi connectivity index (χ2n) is 4.66. The molecule has 0 unspecified atom stereocenters. The predicted octanol–water partition coefficient (Wildman–Crippen LogP) is 2.53. The van der Waals surface area contributed by atoms with E-state index in [9.17, 15) is 15.0 Å². The number of carbonyl (C=O) groups excluding carboxylic acids is 1. The van der Waals surface area contributed by atoms with Crippen molar-refractivity contribution in [1.82, 2.24) is 5.32 Å². The Morgan fingerprint density at radius 1 is 1.11 bits per heavy atom. The van der Waals surface area contributed by atoms with Crippen LogP contribution < -0.4 is 5.32 Å². The average molecular weight is 314 g/mol. The van der Waals surface area contributed by atoms with Crippen LogP contribution in [-0.2, 0) is 0 Å². The van der Waals surface area contributed by atoms with Crippen LogP contribution >= 0.6 is 15.9 Å². The minimum absolute atomic E-state index is 0.107. The van der Waals surface area contributed by atoms with Gasteiger partial charge in [-0.1, -0.05) is 15.9 Å². The Balaban J connectivity index is 1.99. The number of hydrogen-bond acceptors (Lipinski definition) is 3. The van der Waals surface area contributed by atoms with Crippen molar-refractivity contribution < 1.29 is 15.0 Å². The number of nitrogens with one attached hydrogen (secondary N) is 1. The van der Waals surface area contributed by atoms with Crippen molar-refractivity contribution in [3.05, 3.63) is 23.8 Å². The number of rotatable bonds is 2. The van der Waals surface area contributed by atoms with Crippen molar-refractivity contribution in [2.24, 2.45) is 0 Å². The molecule has 0 radical (unpaired) electrons. The Labute approximate surface area is 114 Å². The van der Waals surface area contributed by atoms with Gasteiger partial charge in [0.15, 0.2) is 0 Å². The number of phenolic OH excluding ortho intramolecular Hbond substituents is 2. The minimum atomic E-state index is -0.251. The van der Waals surface area contributed by atoms with Crippen LogP contribution in [0.25, 0.3) is 0 Å². The van der Waals surface area contributed by atoms with Gasteiger partial charge in [0.1, 0.15) is 11.5 Å². The van der Waals surface area contributed by atoms with E-state index in [-0.39, 0.29) is 29.0 Å². The Bertz CT molecular complexity index is 422. The summed E-state index contributed by atoms with van der Waals surface area (Å²) in [6, 6.07) is 4.08. The largest absolute Gasteiger partial charge is 0.508 e. The van der Waals surface area contributed by atoms with Crippen LogP contribution in [0.2, 0.25) is 0 Å². The molecule has 1 saturated carbocycles. The molecule has 1 aliphatic rings. The fraction of sp³-hybridized carbons (Fsp3) is 0.462. The number of alkyl halides is 1. The molecule has 1 fully saturated rings. The van der Waals surface area contributed by atoms with Crippen LogP contribution in [-0.4, -0.2) is 27.0 Å². The molecule has 2 rings (SSSR count). The van der Waals surface area contributed by atoms with Crippen LogP contribution in [0.15, 0.2) is 18.2 Å². The van der Waals surface area contributed by atoms with E-state index in [4.69, 9.17) is 0 Å². The van der Waals surface area contributed by atoms with Crippen molar-refractivity contribution in [3.8, 4) is 11.5 Å². The first-order valence-electron chi connectivity index (χ1n) is 6.02. The highest BCUT2D eigenvalue weighted by molar-refractivity contribution is 9.09. The summed E-state index contributed by atoms with van der Waals surface area (Å²) < 4.78 is 0. The van der Waals surface area contributed by atoms with Crippen LogP contribution in [0.3, 0.4) is 0 Å². The molecule has 0 atom stereocenters. The average Bonchev–Trinajstić information content (AvgIpc) is 2.31. The van der Waals surface area contributed by atoms with Crippen molar-refractivity contribution >= 4 is 21.8 Å². The van der Waals surface area contributed by atoms with Gasteiger partial charge in [-0.2, -0.15) is 0 Å². The van der Waals surface area contributed by atoms with Crippen LogP contribution in [0, 0.1) is 0 Å². The first-order valence-corrected chi connectivity index (χ1v) is 6.94. The van der Waals surface area contributed by atoms with Gasteiger partial charge in [-0.15, -0.1) is 0 Å². The highest BCUT2D eigenvalue weighted by atomic mass is 79.9. The molecule has 0 bridgehead atoms. The molecule has 0 spiro atoms. The summed E-state index contributed by atoms with van der Waals surface area (Å²) in [7, 11) is 0. The molecular formula is C13H16BrNO3. The van der Waals surface area contributed by atoms with E-state index in [2.05, 4.69) is 21.2 Å². The van der Waals surface area contributed by atoms with E-state index in [1.807, 2.05) is 0 Å². The Morgan fingerprint density at radius 2 is 1.67 bits per heavy atom. The topological polar surface area (TPSA) is 69.6 Å². The summed E-state index contributed by atoms with van der Waals surface area (Å²) in [5, 5.41) is 21.6. The number of aromatic hydroxyl groups is 2. The normalized spacial score (nSPS) is 23.6. The zero-order chi connectivity index (χ0) is 13.1. The van der Waals surface area contributed by atoms with Gasteiger partial charge in [-0.05, 0) is 37.8 Å². The summed E-state index contributed by atoms with van der Waals surface area (Å²) in [5.74, 6) is -0.465. The lowest BCUT2D eigenvalue weighted by Gasteiger charge is -2.26. The van der Waals surface area contributed by atoms with Gasteiger partial charge in [0.25, 0.3) is 5.91 Å². The molecule has 0 aromatic heterocycles. The smallest absolute Gasteiger partial charge is 0.251 e. The second kappa shape index (κ2) is 5.61. The molecule has 18 heavy (non-hydrogen) atoms. The number of benzene rings is 1. The number of halogens is 1. The van der Waals surface area contributed by atoms with Crippen LogP contribution in [0.4, 0.5) is 0 Å². The molecule has 0 saturated heterocycles. The zero-order valence-corrected chi connectivity index (χ0v) is 11.5. The Kier molecular flexibility index (Phi) is 4.11. The van der Waals surface area contributed by atoms with Crippen molar-refractivity contribution in [2.45, 2.75) is 36.6 Å². The third-order valence-corrected chi connectivity index (χ3v) is 4.07. The van der Waals surface area contributed by atoms with E-state index in [0.29, 0.717) is 4.83 Å². The molecule has 1 aromatic rings. The fourth-order valence-corrected chi connectivity index (χ4v) is 2.72. The Morgan fingerprint density at radius 3 is 2.22 bits per heavy atom. The van der Waals surface area contributed by atoms with Crippen molar-refractivity contribution in [2.75, 3.05) is 0 Å². The first kappa shape index (κ1) is 13.2. The molecule has 98 valence electrons. The summed E-state index contributed by atoms with van der Waals surface area (Å²) in [6.07, 6.45) is 4.01. The lowest BCUT2D eigenvalue weighted by Crippen LogP contribution is -2.37. The van der Waals surface area contributed by atoms with Crippen LogP contribution in [0.5, 0.6) is 11.5 Å². The number of amides is 1. The summed E-state index contributed by atoms with van der Waals surface area (Å²) in [6.45, 7) is 0. The molecule has 1 amide bonds. The quantitative estimate of drug-likeness (QED) is 0.735. The fourth-order valence-electron chi connectivity index (χ4n) is 2.19. The van der Waals surface area contributed by atoms with Gasteiger partial charge in [-0.25, -0.2) is 0 Å². The standard InChI is InChI=1S/C13H16BrNO3/c14-9-1-3-10(4-2-9)15-13(18)8-5-11(16)7-12(17)6-8/h5-7,9-10,16-17H,1-4H2,(H,15,18). The highest BCUT2D eigenvalue weighted by Gasteiger charge is 2.21. The molecule has 0 aliphatic heterocycles. The summed E-state index contributed by atoms with van der Waals surface area (Å²) in [4.78, 5) is 12.5. The van der Waals surface area contributed by atoms with E-state index in [0.717, 1.165) is 25.7 Å². The van der Waals surface area contributed by atoms with Gasteiger partial charge >= 0.3 is 0 Å². The van der Waals surface area contributed by atoms with E-state index >= 15 is 0 Å². The highest BCUT2D eigenvalue weighted by Crippen LogP contribution is 2.25.